The molecule has 19 heavy (non-hydrogen) atoms. The minimum absolute atomic E-state index is 0.0202. The number of pyridine rings is 1. The van der Waals surface area contributed by atoms with Crippen LogP contribution >= 0.6 is 11.3 Å². The van der Waals surface area contributed by atoms with Gasteiger partial charge < -0.3 is 5.11 Å². The number of thiazole rings is 1. The van der Waals surface area contributed by atoms with Crippen molar-refractivity contribution in [1.82, 2.24) is 9.97 Å². The molecule has 94 valence electrons. The molecule has 4 nitrogen and oxygen atoms in total. The quantitative estimate of drug-likeness (QED) is 0.794. The van der Waals surface area contributed by atoms with Gasteiger partial charge in [-0.2, -0.15) is 0 Å². The van der Waals surface area contributed by atoms with Gasteiger partial charge in [-0.15, -0.1) is 11.3 Å². The number of carbonyl (C=O) groups is 1. The van der Waals surface area contributed by atoms with Gasteiger partial charge in [-0.05, 0) is 29.8 Å². The summed E-state index contributed by atoms with van der Waals surface area (Å²) in [7, 11) is 0. The predicted molar refractivity (Wildman–Crippen MR) is 74.2 cm³/mol. The molecule has 0 bridgehead atoms. The zero-order chi connectivity index (χ0) is 13.2. The molecule has 0 fully saturated rings. The van der Waals surface area contributed by atoms with E-state index in [1.165, 1.54) is 0 Å². The van der Waals surface area contributed by atoms with Crippen molar-refractivity contribution in [1.29, 1.82) is 0 Å². The molecule has 1 N–H and O–H groups in total. The molecular formula is C14H10N2O2S. The van der Waals surface area contributed by atoms with Crippen LogP contribution in [0.3, 0.4) is 0 Å². The minimum atomic E-state index is -0.834. The van der Waals surface area contributed by atoms with E-state index in [2.05, 4.69) is 9.97 Å². The van der Waals surface area contributed by atoms with Gasteiger partial charge in [0.05, 0.1) is 22.3 Å². The van der Waals surface area contributed by atoms with E-state index in [0.29, 0.717) is 0 Å². The molecule has 0 spiro atoms. The first-order chi connectivity index (χ1) is 9.22. The van der Waals surface area contributed by atoms with Crippen molar-refractivity contribution in [2.24, 2.45) is 0 Å². The molecule has 0 unspecified atom stereocenters. The van der Waals surface area contributed by atoms with Crippen LogP contribution in [0.15, 0.2) is 42.6 Å². The zero-order valence-corrected chi connectivity index (χ0v) is 10.7. The molecule has 0 saturated heterocycles. The van der Waals surface area contributed by atoms with Gasteiger partial charge in [0.1, 0.15) is 5.01 Å². The van der Waals surface area contributed by atoms with E-state index in [0.717, 1.165) is 26.5 Å². The molecule has 0 amide bonds. The van der Waals surface area contributed by atoms with Gasteiger partial charge >= 0.3 is 5.97 Å². The maximum Gasteiger partial charge on any atom is 0.307 e. The lowest BCUT2D eigenvalue weighted by Crippen LogP contribution is -1.99. The summed E-state index contributed by atoms with van der Waals surface area (Å²) in [5, 5.41) is 9.64. The Hall–Kier alpha value is -2.27. The van der Waals surface area contributed by atoms with Crippen LogP contribution in [0, 0.1) is 0 Å². The molecule has 3 rings (SSSR count). The highest BCUT2D eigenvalue weighted by Gasteiger charge is 2.08. The zero-order valence-electron chi connectivity index (χ0n) is 9.91. The van der Waals surface area contributed by atoms with E-state index in [9.17, 15) is 4.79 Å². The Kier molecular flexibility index (Phi) is 2.97. The van der Waals surface area contributed by atoms with Crippen LogP contribution in [0.4, 0.5) is 0 Å². The number of benzene rings is 1. The molecule has 0 aliphatic carbocycles. The highest BCUT2D eigenvalue weighted by atomic mass is 32.1. The van der Waals surface area contributed by atoms with E-state index in [1.54, 1.807) is 17.5 Å². The van der Waals surface area contributed by atoms with Gasteiger partial charge in [-0.3, -0.25) is 9.78 Å². The number of fused-ring (bicyclic) bond motifs is 1. The number of nitrogens with zero attached hydrogens (tertiary/aromatic N) is 2. The summed E-state index contributed by atoms with van der Waals surface area (Å²) in [6.07, 6.45) is 1.75. The normalized spacial score (nSPS) is 10.7. The largest absolute Gasteiger partial charge is 0.481 e. The van der Waals surface area contributed by atoms with Crippen molar-refractivity contribution in [2.45, 2.75) is 6.42 Å². The average Bonchev–Trinajstić information content (AvgIpc) is 2.82. The standard InChI is InChI=1S/C14H10N2O2S/c17-13(18)8-9-4-5-12-11(7-9)16-14(19-12)10-3-1-2-6-15-10/h1-7H,8H2,(H,17,18). The van der Waals surface area contributed by atoms with Crippen molar-refractivity contribution in [3.05, 3.63) is 48.2 Å². The van der Waals surface area contributed by atoms with Crippen LogP contribution in [0.5, 0.6) is 0 Å². The highest BCUT2D eigenvalue weighted by Crippen LogP contribution is 2.29. The molecule has 0 aliphatic rings. The minimum Gasteiger partial charge on any atom is -0.481 e. The average molecular weight is 270 g/mol. The van der Waals surface area contributed by atoms with Gasteiger partial charge in [0, 0.05) is 6.20 Å². The Morgan fingerprint density at radius 2 is 2.16 bits per heavy atom. The summed E-state index contributed by atoms with van der Waals surface area (Å²) >= 11 is 1.56. The molecule has 3 aromatic rings. The fourth-order valence-corrected chi connectivity index (χ4v) is 2.78. The van der Waals surface area contributed by atoms with E-state index < -0.39 is 5.97 Å². The third-order valence-electron chi connectivity index (χ3n) is 2.69. The first-order valence-electron chi connectivity index (χ1n) is 5.75. The first kappa shape index (κ1) is 11.8. The lowest BCUT2D eigenvalue weighted by molar-refractivity contribution is -0.136. The molecule has 2 aromatic heterocycles. The SMILES string of the molecule is O=C(O)Cc1ccc2sc(-c3ccccn3)nc2c1. The molecule has 2 heterocycles. The molecule has 0 aliphatic heterocycles. The Balaban J connectivity index is 2.04. The van der Waals surface area contributed by atoms with Crippen molar-refractivity contribution in [2.75, 3.05) is 0 Å². The lowest BCUT2D eigenvalue weighted by atomic mass is 10.1. The topological polar surface area (TPSA) is 63.1 Å². The molecule has 0 radical (unpaired) electrons. The van der Waals surface area contributed by atoms with Crippen LogP contribution in [-0.2, 0) is 11.2 Å². The molecule has 0 saturated carbocycles. The van der Waals surface area contributed by atoms with Crippen molar-refractivity contribution in [3.8, 4) is 10.7 Å². The molecular weight excluding hydrogens is 260 g/mol. The fraction of sp³-hybridized carbons (Fsp3) is 0.0714. The number of hydrogen-bond donors (Lipinski definition) is 1. The second-order valence-electron chi connectivity index (χ2n) is 4.11. The monoisotopic (exact) mass is 270 g/mol. The number of carboxylic acid groups (broad SMARTS) is 1. The highest BCUT2D eigenvalue weighted by molar-refractivity contribution is 7.21. The number of aliphatic carboxylic acids is 1. The maximum atomic E-state index is 10.7. The van der Waals surface area contributed by atoms with Gasteiger partial charge in [0.25, 0.3) is 0 Å². The van der Waals surface area contributed by atoms with E-state index >= 15 is 0 Å². The fourth-order valence-electron chi connectivity index (χ4n) is 1.86. The van der Waals surface area contributed by atoms with Gasteiger partial charge in [-0.25, -0.2) is 4.98 Å². The van der Waals surface area contributed by atoms with Crippen LogP contribution in [0.25, 0.3) is 20.9 Å². The van der Waals surface area contributed by atoms with Crippen LogP contribution in [0.1, 0.15) is 5.56 Å². The van der Waals surface area contributed by atoms with Crippen LogP contribution < -0.4 is 0 Å². The summed E-state index contributed by atoms with van der Waals surface area (Å²) in [4.78, 5) is 19.5. The third-order valence-corrected chi connectivity index (χ3v) is 3.75. The van der Waals surface area contributed by atoms with E-state index in [-0.39, 0.29) is 6.42 Å². The summed E-state index contributed by atoms with van der Waals surface area (Å²) in [6.45, 7) is 0. The number of rotatable bonds is 3. The van der Waals surface area contributed by atoms with Gasteiger partial charge in [0.15, 0.2) is 0 Å². The number of aromatic nitrogens is 2. The van der Waals surface area contributed by atoms with Crippen molar-refractivity contribution < 1.29 is 9.90 Å². The second kappa shape index (κ2) is 4.78. The molecule has 5 heteroatoms. The molecule has 1 aromatic carbocycles. The van der Waals surface area contributed by atoms with Crippen molar-refractivity contribution >= 4 is 27.5 Å². The maximum absolute atomic E-state index is 10.7. The molecule has 0 atom stereocenters. The van der Waals surface area contributed by atoms with E-state index in [4.69, 9.17) is 5.11 Å². The number of hydrogen-bond acceptors (Lipinski definition) is 4. The smallest absolute Gasteiger partial charge is 0.307 e. The Bertz CT molecular complexity index is 738. The second-order valence-corrected chi connectivity index (χ2v) is 5.14. The van der Waals surface area contributed by atoms with Gasteiger partial charge in [-0.1, -0.05) is 12.1 Å². The summed E-state index contributed by atoms with van der Waals surface area (Å²) < 4.78 is 1.04. The summed E-state index contributed by atoms with van der Waals surface area (Å²) in [6, 6.07) is 11.3. The lowest BCUT2D eigenvalue weighted by Gasteiger charge is -1.95. The third kappa shape index (κ3) is 2.46. The Morgan fingerprint density at radius 3 is 2.89 bits per heavy atom. The number of carboxylic acids is 1. The van der Waals surface area contributed by atoms with Crippen LogP contribution in [0.2, 0.25) is 0 Å². The first-order valence-corrected chi connectivity index (χ1v) is 6.57. The van der Waals surface area contributed by atoms with Gasteiger partial charge in [0.2, 0.25) is 0 Å². The van der Waals surface area contributed by atoms with Crippen molar-refractivity contribution in [3.63, 3.8) is 0 Å². The van der Waals surface area contributed by atoms with Crippen LogP contribution in [-0.4, -0.2) is 21.0 Å². The Morgan fingerprint density at radius 1 is 1.26 bits per heavy atom. The summed E-state index contributed by atoms with van der Waals surface area (Å²) in [5.41, 5.74) is 2.42. The van der Waals surface area contributed by atoms with E-state index in [1.807, 2.05) is 36.4 Å². The predicted octanol–water partition coefficient (Wildman–Crippen LogP) is 2.99. The summed E-state index contributed by atoms with van der Waals surface area (Å²) in [5.74, 6) is -0.834. The Labute approximate surface area is 113 Å².